The van der Waals surface area contributed by atoms with Crippen LogP contribution in [0, 0.1) is 0 Å². The van der Waals surface area contributed by atoms with Crippen molar-refractivity contribution in [2.45, 2.75) is 0 Å². The van der Waals surface area contributed by atoms with Gasteiger partial charge in [0.2, 0.25) is 0 Å². The van der Waals surface area contributed by atoms with Gasteiger partial charge in [-0.15, -0.1) is 11.3 Å². The molecule has 1 aromatic carbocycles. The molecule has 1 N–H and O–H groups in total. The minimum absolute atomic E-state index is 0.0362. The van der Waals surface area contributed by atoms with E-state index in [4.69, 9.17) is 0 Å². The fraction of sp³-hybridized carbons (Fsp3) is 0. The van der Waals surface area contributed by atoms with Gasteiger partial charge in [0.15, 0.2) is 5.13 Å². The van der Waals surface area contributed by atoms with Crippen molar-refractivity contribution in [3.05, 3.63) is 40.9 Å². The molecule has 0 fully saturated rings. The Morgan fingerprint density at radius 3 is 2.65 bits per heavy atom. The van der Waals surface area contributed by atoms with Gasteiger partial charge in [0, 0.05) is 11.6 Å². The van der Waals surface area contributed by atoms with Gasteiger partial charge in [-0.25, -0.2) is 9.88 Å². The number of aromatic hydroxyl groups is 1. The number of fused-ring (bicyclic) bond motifs is 1. The van der Waals surface area contributed by atoms with Gasteiger partial charge >= 0.3 is 0 Å². The van der Waals surface area contributed by atoms with E-state index in [1.54, 1.807) is 5.38 Å². The Morgan fingerprint density at radius 2 is 1.94 bits per heavy atom. The number of phenols is 1. The minimum Gasteiger partial charge on any atom is -0.508 e. The van der Waals surface area contributed by atoms with E-state index in [-0.39, 0.29) is 11.3 Å². The van der Waals surface area contributed by atoms with Gasteiger partial charge < -0.3 is 5.11 Å². The smallest absolute Gasteiger partial charge is 0.268 e. The molecule has 1 aliphatic rings. The standard InChI is InChI=1S/C11H6N2O3S/c14-6-1-2-7-8(5-6)10(16)13(9(7)15)11-12-3-4-17-11/h1-5,14H. The molecule has 1 aliphatic heterocycles. The van der Waals surface area contributed by atoms with E-state index >= 15 is 0 Å². The van der Waals surface area contributed by atoms with Crippen LogP contribution in [0.15, 0.2) is 29.8 Å². The zero-order valence-corrected chi connectivity index (χ0v) is 9.27. The molecule has 84 valence electrons. The van der Waals surface area contributed by atoms with Crippen LogP contribution in [-0.4, -0.2) is 21.9 Å². The van der Waals surface area contributed by atoms with Crippen molar-refractivity contribution in [1.29, 1.82) is 0 Å². The van der Waals surface area contributed by atoms with Crippen LogP contribution in [0.3, 0.4) is 0 Å². The minimum atomic E-state index is -0.448. The first-order valence-electron chi connectivity index (χ1n) is 4.80. The number of rotatable bonds is 1. The highest BCUT2D eigenvalue weighted by Gasteiger charge is 2.38. The molecule has 6 heteroatoms. The van der Waals surface area contributed by atoms with Gasteiger partial charge in [-0.05, 0) is 18.2 Å². The Balaban J connectivity index is 2.15. The number of phenolic OH excluding ortho intramolecular Hbond substituents is 1. The number of amides is 2. The molecule has 5 nitrogen and oxygen atoms in total. The lowest BCUT2D eigenvalue weighted by atomic mass is 10.1. The highest BCUT2D eigenvalue weighted by Crippen LogP contribution is 2.31. The number of nitrogens with zero attached hydrogens (tertiary/aromatic N) is 2. The molecule has 0 spiro atoms. The van der Waals surface area contributed by atoms with E-state index in [2.05, 4.69) is 4.98 Å². The zero-order chi connectivity index (χ0) is 12.0. The van der Waals surface area contributed by atoms with E-state index in [0.717, 1.165) is 4.90 Å². The van der Waals surface area contributed by atoms with Gasteiger partial charge in [-0.2, -0.15) is 0 Å². The van der Waals surface area contributed by atoms with E-state index in [9.17, 15) is 14.7 Å². The highest BCUT2D eigenvalue weighted by molar-refractivity contribution is 7.14. The molecule has 0 aliphatic carbocycles. The first-order valence-corrected chi connectivity index (χ1v) is 5.68. The average molecular weight is 246 g/mol. The number of carbonyl (C=O) groups is 2. The largest absolute Gasteiger partial charge is 0.508 e. The van der Waals surface area contributed by atoms with Gasteiger partial charge in [0.25, 0.3) is 11.8 Å². The number of hydrogen-bond donors (Lipinski definition) is 1. The summed E-state index contributed by atoms with van der Waals surface area (Å²) in [6.45, 7) is 0. The summed E-state index contributed by atoms with van der Waals surface area (Å²) in [6.07, 6.45) is 1.53. The van der Waals surface area contributed by atoms with E-state index in [0.29, 0.717) is 10.7 Å². The third-order valence-corrected chi connectivity index (χ3v) is 3.24. The van der Waals surface area contributed by atoms with E-state index < -0.39 is 11.8 Å². The molecule has 1 aromatic heterocycles. The molecule has 0 saturated carbocycles. The van der Waals surface area contributed by atoms with Crippen molar-refractivity contribution in [3.63, 3.8) is 0 Å². The van der Waals surface area contributed by atoms with Crippen LogP contribution in [0.5, 0.6) is 5.75 Å². The molecular formula is C11H6N2O3S. The number of imide groups is 1. The third-order valence-electron chi connectivity index (χ3n) is 2.48. The average Bonchev–Trinajstić information content (AvgIpc) is 2.88. The van der Waals surface area contributed by atoms with Gasteiger partial charge in [0.05, 0.1) is 11.1 Å². The maximum atomic E-state index is 12.0. The Kier molecular flexibility index (Phi) is 1.99. The van der Waals surface area contributed by atoms with E-state index in [1.807, 2.05) is 0 Å². The quantitative estimate of drug-likeness (QED) is 0.777. The van der Waals surface area contributed by atoms with Gasteiger partial charge in [0.1, 0.15) is 5.75 Å². The lowest BCUT2D eigenvalue weighted by Crippen LogP contribution is -2.29. The first kappa shape index (κ1) is 9.98. The molecule has 0 unspecified atom stereocenters. The Bertz CT molecular complexity index is 622. The topological polar surface area (TPSA) is 70.5 Å². The van der Waals surface area contributed by atoms with Crippen molar-refractivity contribution >= 4 is 28.3 Å². The van der Waals surface area contributed by atoms with Gasteiger partial charge in [-0.3, -0.25) is 9.59 Å². The molecule has 0 saturated heterocycles. The maximum absolute atomic E-state index is 12.0. The van der Waals surface area contributed by atoms with Crippen LogP contribution >= 0.6 is 11.3 Å². The number of aromatic nitrogens is 1. The highest BCUT2D eigenvalue weighted by atomic mass is 32.1. The van der Waals surface area contributed by atoms with Crippen LogP contribution < -0.4 is 4.90 Å². The normalized spacial score (nSPS) is 14.2. The second-order valence-corrected chi connectivity index (χ2v) is 4.36. The molecule has 17 heavy (non-hydrogen) atoms. The van der Waals surface area contributed by atoms with Crippen LogP contribution in [0.25, 0.3) is 0 Å². The van der Waals surface area contributed by atoms with Crippen LogP contribution in [0.2, 0.25) is 0 Å². The summed E-state index contributed by atoms with van der Waals surface area (Å²) in [5.41, 5.74) is 0.508. The predicted molar refractivity (Wildman–Crippen MR) is 61.4 cm³/mol. The molecule has 2 heterocycles. The number of carbonyl (C=O) groups excluding carboxylic acids is 2. The number of thiazole rings is 1. The lowest BCUT2D eigenvalue weighted by Gasteiger charge is -2.08. The SMILES string of the molecule is O=C1c2ccc(O)cc2C(=O)N1c1nccs1. The maximum Gasteiger partial charge on any atom is 0.268 e. The Morgan fingerprint density at radius 1 is 1.18 bits per heavy atom. The third kappa shape index (κ3) is 1.34. The number of anilines is 1. The van der Waals surface area contributed by atoms with Crippen molar-refractivity contribution < 1.29 is 14.7 Å². The first-order chi connectivity index (χ1) is 8.18. The molecule has 0 radical (unpaired) electrons. The fourth-order valence-electron chi connectivity index (χ4n) is 1.73. The molecule has 3 rings (SSSR count). The van der Waals surface area contributed by atoms with Gasteiger partial charge in [-0.1, -0.05) is 0 Å². The summed E-state index contributed by atoms with van der Waals surface area (Å²) in [7, 11) is 0. The summed E-state index contributed by atoms with van der Waals surface area (Å²) >= 11 is 1.21. The number of hydrogen-bond acceptors (Lipinski definition) is 5. The summed E-state index contributed by atoms with van der Waals surface area (Å²) in [5.74, 6) is -0.887. The monoisotopic (exact) mass is 246 g/mol. The summed E-state index contributed by atoms with van der Waals surface area (Å²) < 4.78 is 0. The second kappa shape index (κ2) is 3.39. The van der Waals surface area contributed by atoms with Crippen LogP contribution in [0.1, 0.15) is 20.7 Å². The summed E-state index contributed by atoms with van der Waals surface area (Å²) in [6, 6.07) is 4.12. The molecule has 0 atom stereocenters. The molecule has 0 bridgehead atoms. The van der Waals surface area contributed by atoms with Crippen LogP contribution in [-0.2, 0) is 0 Å². The molecule has 2 amide bonds. The zero-order valence-electron chi connectivity index (χ0n) is 8.45. The van der Waals surface area contributed by atoms with Crippen LogP contribution in [0.4, 0.5) is 5.13 Å². The van der Waals surface area contributed by atoms with Crippen molar-refractivity contribution in [2.75, 3.05) is 4.90 Å². The van der Waals surface area contributed by atoms with Crippen molar-refractivity contribution in [2.24, 2.45) is 0 Å². The molecular weight excluding hydrogens is 240 g/mol. The summed E-state index contributed by atoms with van der Waals surface area (Å²) in [4.78, 5) is 29.0. The van der Waals surface area contributed by atoms with E-state index in [1.165, 1.54) is 35.7 Å². The fourth-order valence-corrected chi connectivity index (χ4v) is 2.37. The van der Waals surface area contributed by atoms with Crippen molar-refractivity contribution in [1.82, 2.24) is 4.98 Å². The summed E-state index contributed by atoms with van der Waals surface area (Å²) in [5, 5.41) is 11.4. The Hall–Kier alpha value is -2.21. The van der Waals surface area contributed by atoms with Crippen molar-refractivity contribution in [3.8, 4) is 5.75 Å². The number of benzene rings is 1. The Labute approximate surface area is 99.9 Å². The second-order valence-electron chi connectivity index (χ2n) is 3.49. The lowest BCUT2D eigenvalue weighted by molar-refractivity contribution is 0.0926. The molecule has 2 aromatic rings. The predicted octanol–water partition coefficient (Wildman–Crippen LogP) is 1.65.